The van der Waals surface area contributed by atoms with E-state index in [1.54, 1.807) is 24.3 Å². The third-order valence-corrected chi connectivity index (χ3v) is 4.06. The highest BCUT2D eigenvalue weighted by Crippen LogP contribution is 2.29. The Morgan fingerprint density at radius 2 is 2.00 bits per heavy atom. The maximum absolute atomic E-state index is 14.0. The second-order valence-electron chi connectivity index (χ2n) is 4.86. The molecule has 1 aromatic heterocycles. The monoisotopic (exact) mass is 322 g/mol. The molecule has 2 nitrogen and oxygen atoms in total. The van der Waals surface area contributed by atoms with E-state index in [4.69, 9.17) is 23.2 Å². The standard InChI is InChI=1S/C16H13Cl2FN2/c1-10(12-4-2-3-5-13(12)19)21-15-7-6-11(18)8-14(15)20-16(21)9-17/h2-8,10H,9H2,1H3. The molecule has 0 fully saturated rings. The normalized spacial score (nSPS) is 12.8. The van der Waals surface area contributed by atoms with Crippen molar-refractivity contribution in [1.29, 1.82) is 0 Å². The largest absolute Gasteiger partial charge is 0.320 e. The van der Waals surface area contributed by atoms with Gasteiger partial charge < -0.3 is 4.57 Å². The van der Waals surface area contributed by atoms with E-state index in [-0.39, 0.29) is 17.7 Å². The first-order valence-corrected chi connectivity index (χ1v) is 7.50. The third kappa shape index (κ3) is 2.52. The molecule has 108 valence electrons. The summed E-state index contributed by atoms with van der Waals surface area (Å²) in [6.45, 7) is 1.93. The fourth-order valence-electron chi connectivity index (χ4n) is 2.60. The minimum Gasteiger partial charge on any atom is -0.320 e. The maximum Gasteiger partial charge on any atom is 0.128 e. The first-order chi connectivity index (χ1) is 10.1. The lowest BCUT2D eigenvalue weighted by atomic mass is 10.1. The molecule has 21 heavy (non-hydrogen) atoms. The van der Waals surface area contributed by atoms with Crippen molar-refractivity contribution in [2.45, 2.75) is 18.8 Å². The average molecular weight is 323 g/mol. The molecule has 0 aliphatic carbocycles. The van der Waals surface area contributed by atoms with Gasteiger partial charge in [0.2, 0.25) is 0 Å². The van der Waals surface area contributed by atoms with Gasteiger partial charge in [-0.3, -0.25) is 0 Å². The molecule has 3 aromatic rings. The van der Waals surface area contributed by atoms with Crippen LogP contribution in [0.3, 0.4) is 0 Å². The average Bonchev–Trinajstić information content (AvgIpc) is 2.84. The molecule has 1 atom stereocenters. The van der Waals surface area contributed by atoms with Crippen LogP contribution < -0.4 is 0 Å². The second-order valence-corrected chi connectivity index (χ2v) is 5.57. The van der Waals surface area contributed by atoms with Crippen LogP contribution in [0, 0.1) is 5.82 Å². The fourth-order valence-corrected chi connectivity index (χ4v) is 2.96. The van der Waals surface area contributed by atoms with Crippen LogP contribution in [0.5, 0.6) is 0 Å². The molecule has 0 saturated carbocycles. The first-order valence-electron chi connectivity index (χ1n) is 6.58. The molecular weight excluding hydrogens is 310 g/mol. The molecule has 3 rings (SSSR count). The predicted molar refractivity (Wildman–Crippen MR) is 84.5 cm³/mol. The van der Waals surface area contributed by atoms with E-state index in [0.29, 0.717) is 16.4 Å². The molecule has 2 aromatic carbocycles. The van der Waals surface area contributed by atoms with E-state index in [1.807, 2.05) is 23.6 Å². The Balaban J connectivity index is 2.21. The lowest BCUT2D eigenvalue weighted by Gasteiger charge is -2.18. The maximum atomic E-state index is 14.0. The highest BCUT2D eigenvalue weighted by atomic mass is 35.5. The molecule has 1 unspecified atom stereocenters. The number of fused-ring (bicyclic) bond motifs is 1. The van der Waals surface area contributed by atoms with Crippen LogP contribution in [0.15, 0.2) is 42.5 Å². The Kier molecular flexibility index (Phi) is 3.87. The van der Waals surface area contributed by atoms with Gasteiger partial charge in [0.25, 0.3) is 0 Å². The molecule has 0 spiro atoms. The number of benzene rings is 2. The number of imidazole rings is 1. The van der Waals surface area contributed by atoms with Crippen LogP contribution in [0.1, 0.15) is 24.4 Å². The first kappa shape index (κ1) is 14.4. The second kappa shape index (κ2) is 5.66. The number of hydrogen-bond donors (Lipinski definition) is 0. The summed E-state index contributed by atoms with van der Waals surface area (Å²) in [6, 6.07) is 12.0. The minimum absolute atomic E-state index is 0.203. The fraction of sp³-hybridized carbons (Fsp3) is 0.188. The topological polar surface area (TPSA) is 17.8 Å². The number of aromatic nitrogens is 2. The lowest BCUT2D eigenvalue weighted by Crippen LogP contribution is -2.11. The van der Waals surface area contributed by atoms with E-state index in [2.05, 4.69) is 4.98 Å². The molecule has 0 N–H and O–H groups in total. The quantitative estimate of drug-likeness (QED) is 0.608. The van der Waals surface area contributed by atoms with Crippen molar-refractivity contribution in [2.24, 2.45) is 0 Å². The molecule has 5 heteroatoms. The van der Waals surface area contributed by atoms with Crippen LogP contribution in [0.2, 0.25) is 5.02 Å². The van der Waals surface area contributed by atoms with E-state index in [1.165, 1.54) is 6.07 Å². The van der Waals surface area contributed by atoms with Crippen molar-refractivity contribution < 1.29 is 4.39 Å². The number of halogens is 3. The van der Waals surface area contributed by atoms with Gasteiger partial charge in [0, 0.05) is 10.6 Å². The van der Waals surface area contributed by atoms with Gasteiger partial charge in [0.15, 0.2) is 0 Å². The summed E-state index contributed by atoms with van der Waals surface area (Å²) in [5.41, 5.74) is 2.27. The van der Waals surface area contributed by atoms with Crippen LogP contribution in [-0.4, -0.2) is 9.55 Å². The molecular formula is C16H13Cl2FN2. The number of rotatable bonds is 3. The van der Waals surface area contributed by atoms with Crippen molar-refractivity contribution in [3.05, 3.63) is 64.7 Å². The summed E-state index contributed by atoms with van der Waals surface area (Å²) in [5.74, 6) is 0.719. The molecule has 0 bridgehead atoms. The van der Waals surface area contributed by atoms with Crippen LogP contribution in [0.4, 0.5) is 4.39 Å². The van der Waals surface area contributed by atoms with Crippen molar-refractivity contribution in [3.63, 3.8) is 0 Å². The zero-order valence-corrected chi connectivity index (χ0v) is 12.9. The van der Waals surface area contributed by atoms with Gasteiger partial charge in [-0.2, -0.15) is 0 Å². The van der Waals surface area contributed by atoms with Gasteiger partial charge in [-0.15, -0.1) is 11.6 Å². The third-order valence-electron chi connectivity index (χ3n) is 3.59. The van der Waals surface area contributed by atoms with Gasteiger partial charge in [-0.25, -0.2) is 9.37 Å². The number of nitrogens with zero attached hydrogens (tertiary/aromatic N) is 2. The summed E-state index contributed by atoms with van der Waals surface area (Å²) >= 11 is 12.0. The lowest BCUT2D eigenvalue weighted by molar-refractivity contribution is 0.556. The summed E-state index contributed by atoms with van der Waals surface area (Å²) < 4.78 is 16.0. The van der Waals surface area contributed by atoms with Gasteiger partial charge in [0.1, 0.15) is 11.6 Å². The molecule has 0 aliphatic heterocycles. The summed E-state index contributed by atoms with van der Waals surface area (Å²) in [6.07, 6.45) is 0. The molecule has 0 aliphatic rings. The minimum atomic E-state index is -0.235. The summed E-state index contributed by atoms with van der Waals surface area (Å²) in [7, 11) is 0. The molecule has 0 amide bonds. The number of alkyl halides is 1. The zero-order valence-electron chi connectivity index (χ0n) is 11.4. The van der Waals surface area contributed by atoms with E-state index >= 15 is 0 Å². The Morgan fingerprint density at radius 1 is 1.24 bits per heavy atom. The van der Waals surface area contributed by atoms with Crippen molar-refractivity contribution in [2.75, 3.05) is 0 Å². The van der Waals surface area contributed by atoms with Crippen LogP contribution in [-0.2, 0) is 5.88 Å². The molecule has 1 heterocycles. The molecule has 0 radical (unpaired) electrons. The van der Waals surface area contributed by atoms with Crippen LogP contribution >= 0.6 is 23.2 Å². The molecule has 0 saturated heterocycles. The summed E-state index contributed by atoms with van der Waals surface area (Å²) in [5, 5.41) is 0.617. The number of hydrogen-bond acceptors (Lipinski definition) is 1. The van der Waals surface area contributed by atoms with Gasteiger partial charge in [-0.1, -0.05) is 29.8 Å². The Morgan fingerprint density at radius 3 is 2.71 bits per heavy atom. The Bertz CT molecular complexity index is 798. The van der Waals surface area contributed by atoms with Gasteiger partial charge in [-0.05, 0) is 31.2 Å². The van der Waals surface area contributed by atoms with Gasteiger partial charge in [0.05, 0.1) is 23.0 Å². The highest BCUT2D eigenvalue weighted by molar-refractivity contribution is 6.31. The predicted octanol–water partition coefficient (Wildman–Crippen LogP) is 5.18. The SMILES string of the molecule is CC(c1ccccc1F)n1c(CCl)nc2cc(Cl)ccc21. The highest BCUT2D eigenvalue weighted by Gasteiger charge is 2.19. The van der Waals surface area contributed by atoms with E-state index < -0.39 is 0 Å². The van der Waals surface area contributed by atoms with Crippen molar-refractivity contribution >= 4 is 34.2 Å². The summed E-state index contributed by atoms with van der Waals surface area (Å²) in [4.78, 5) is 4.49. The zero-order chi connectivity index (χ0) is 15.0. The smallest absolute Gasteiger partial charge is 0.128 e. The van der Waals surface area contributed by atoms with E-state index in [0.717, 1.165) is 11.0 Å². The Labute approximate surface area is 132 Å². The van der Waals surface area contributed by atoms with Crippen LogP contribution in [0.25, 0.3) is 11.0 Å². The van der Waals surface area contributed by atoms with E-state index in [9.17, 15) is 4.39 Å². The van der Waals surface area contributed by atoms with Crippen molar-refractivity contribution in [3.8, 4) is 0 Å². The van der Waals surface area contributed by atoms with Crippen molar-refractivity contribution in [1.82, 2.24) is 9.55 Å². The van der Waals surface area contributed by atoms with Gasteiger partial charge >= 0.3 is 0 Å². The Hall–Kier alpha value is -1.58.